The summed E-state index contributed by atoms with van der Waals surface area (Å²) in [4.78, 5) is 0. The lowest BCUT2D eigenvalue weighted by molar-refractivity contribution is 0.216. The van der Waals surface area contributed by atoms with Crippen LogP contribution in [0, 0.1) is 0 Å². The number of nitrogens with one attached hydrogen (secondary N) is 1. The summed E-state index contributed by atoms with van der Waals surface area (Å²) >= 11 is 0. The summed E-state index contributed by atoms with van der Waals surface area (Å²) in [5, 5.41) is 3.47. The first kappa shape index (κ1) is 11.5. The summed E-state index contributed by atoms with van der Waals surface area (Å²) in [6.07, 6.45) is 3.99. The fourth-order valence-electron chi connectivity index (χ4n) is 1.70. The molecule has 88 valence electrons. The zero-order valence-corrected chi connectivity index (χ0v) is 10.2. The molecule has 1 unspecified atom stereocenters. The second kappa shape index (κ2) is 5.35. The van der Waals surface area contributed by atoms with E-state index in [4.69, 9.17) is 4.74 Å². The molecule has 1 aromatic rings. The van der Waals surface area contributed by atoms with Crippen molar-refractivity contribution in [2.75, 3.05) is 6.54 Å². The topological polar surface area (TPSA) is 21.3 Å². The van der Waals surface area contributed by atoms with E-state index in [0.29, 0.717) is 0 Å². The molecule has 0 aromatic heterocycles. The molecule has 1 aliphatic rings. The molecule has 1 aromatic carbocycles. The Bertz CT molecular complexity index is 316. The summed E-state index contributed by atoms with van der Waals surface area (Å²) in [6, 6.07) is 9.15. The molecule has 0 heterocycles. The average Bonchev–Trinajstić information content (AvgIpc) is 3.11. The number of ether oxygens (including phenoxy) is 1. The maximum atomic E-state index is 5.83. The highest BCUT2D eigenvalue weighted by Crippen LogP contribution is 2.19. The molecule has 1 saturated carbocycles. The molecule has 1 N–H and O–H groups in total. The van der Waals surface area contributed by atoms with Gasteiger partial charge in [-0.3, -0.25) is 0 Å². The first-order valence-electron chi connectivity index (χ1n) is 6.27. The van der Waals surface area contributed by atoms with Crippen molar-refractivity contribution >= 4 is 0 Å². The van der Waals surface area contributed by atoms with E-state index in [2.05, 4.69) is 43.4 Å². The van der Waals surface area contributed by atoms with E-state index in [9.17, 15) is 0 Å². The van der Waals surface area contributed by atoms with E-state index in [0.717, 1.165) is 24.8 Å². The minimum Gasteiger partial charge on any atom is -0.489 e. The highest BCUT2D eigenvalue weighted by atomic mass is 16.5. The lowest BCUT2D eigenvalue weighted by atomic mass is 10.2. The van der Waals surface area contributed by atoms with E-state index in [1.165, 1.54) is 18.4 Å². The Morgan fingerprint density at radius 2 is 2.00 bits per heavy atom. The van der Waals surface area contributed by atoms with Gasteiger partial charge in [0.25, 0.3) is 0 Å². The van der Waals surface area contributed by atoms with Crippen molar-refractivity contribution in [3.63, 3.8) is 0 Å². The average molecular weight is 219 g/mol. The van der Waals surface area contributed by atoms with Crippen LogP contribution in [0.25, 0.3) is 0 Å². The number of hydrogen-bond donors (Lipinski definition) is 1. The molecule has 0 radical (unpaired) electrons. The number of rotatable bonds is 6. The van der Waals surface area contributed by atoms with E-state index < -0.39 is 0 Å². The van der Waals surface area contributed by atoms with Crippen LogP contribution in [-0.2, 0) is 6.42 Å². The van der Waals surface area contributed by atoms with Crippen molar-refractivity contribution in [2.24, 2.45) is 0 Å². The van der Waals surface area contributed by atoms with Crippen LogP contribution in [0.2, 0.25) is 0 Å². The van der Waals surface area contributed by atoms with Gasteiger partial charge >= 0.3 is 0 Å². The minimum absolute atomic E-state index is 0.244. The van der Waals surface area contributed by atoms with Gasteiger partial charge in [-0.2, -0.15) is 0 Å². The molecule has 0 amide bonds. The zero-order valence-electron chi connectivity index (χ0n) is 10.2. The largest absolute Gasteiger partial charge is 0.489 e. The molecule has 2 rings (SSSR count). The van der Waals surface area contributed by atoms with Crippen LogP contribution in [0.15, 0.2) is 24.3 Å². The second-order valence-corrected chi connectivity index (χ2v) is 4.61. The van der Waals surface area contributed by atoms with Crippen LogP contribution in [-0.4, -0.2) is 18.7 Å². The van der Waals surface area contributed by atoms with Gasteiger partial charge in [0, 0.05) is 12.6 Å². The number of hydrogen-bond acceptors (Lipinski definition) is 2. The minimum atomic E-state index is 0.244. The van der Waals surface area contributed by atoms with Crippen molar-refractivity contribution in [3.05, 3.63) is 29.8 Å². The van der Waals surface area contributed by atoms with E-state index in [-0.39, 0.29) is 6.10 Å². The Labute approximate surface area is 98.0 Å². The fourth-order valence-corrected chi connectivity index (χ4v) is 1.70. The Hall–Kier alpha value is -1.02. The third-order valence-corrected chi connectivity index (χ3v) is 2.94. The van der Waals surface area contributed by atoms with Gasteiger partial charge in [0.15, 0.2) is 0 Å². The molecule has 1 aliphatic carbocycles. The van der Waals surface area contributed by atoms with Crippen LogP contribution in [0.1, 0.15) is 32.3 Å². The van der Waals surface area contributed by atoms with Crippen LogP contribution in [0.4, 0.5) is 0 Å². The Balaban J connectivity index is 1.77. The van der Waals surface area contributed by atoms with Gasteiger partial charge in [-0.15, -0.1) is 0 Å². The Kier molecular flexibility index (Phi) is 3.83. The van der Waals surface area contributed by atoms with Gasteiger partial charge in [-0.25, -0.2) is 0 Å². The first-order valence-corrected chi connectivity index (χ1v) is 6.27. The smallest absolute Gasteiger partial charge is 0.119 e. The first-order chi connectivity index (χ1) is 7.78. The Morgan fingerprint density at radius 1 is 1.31 bits per heavy atom. The van der Waals surface area contributed by atoms with E-state index >= 15 is 0 Å². The molecule has 0 aliphatic heterocycles. The standard InChI is InChI=1S/C14H21NO/c1-3-12-4-8-14(9-5-12)16-11(2)10-15-13-6-7-13/h4-5,8-9,11,13,15H,3,6-7,10H2,1-2H3. The molecule has 2 nitrogen and oxygen atoms in total. The number of benzene rings is 1. The van der Waals surface area contributed by atoms with Gasteiger partial charge in [-0.1, -0.05) is 19.1 Å². The molecular formula is C14H21NO. The van der Waals surface area contributed by atoms with Crippen molar-refractivity contribution in [2.45, 2.75) is 45.3 Å². The van der Waals surface area contributed by atoms with Crippen molar-refractivity contribution in [1.29, 1.82) is 0 Å². The summed E-state index contributed by atoms with van der Waals surface area (Å²) in [6.45, 7) is 5.22. The van der Waals surface area contributed by atoms with Crippen LogP contribution >= 0.6 is 0 Å². The van der Waals surface area contributed by atoms with Gasteiger partial charge in [0.1, 0.15) is 11.9 Å². The third kappa shape index (κ3) is 3.53. The predicted molar refractivity (Wildman–Crippen MR) is 66.9 cm³/mol. The van der Waals surface area contributed by atoms with Crippen LogP contribution in [0.3, 0.4) is 0 Å². The lowest BCUT2D eigenvalue weighted by Crippen LogP contribution is -2.30. The highest BCUT2D eigenvalue weighted by Gasteiger charge is 2.21. The molecule has 2 heteroatoms. The van der Waals surface area contributed by atoms with E-state index in [1.54, 1.807) is 0 Å². The quantitative estimate of drug-likeness (QED) is 0.794. The van der Waals surface area contributed by atoms with Gasteiger partial charge < -0.3 is 10.1 Å². The van der Waals surface area contributed by atoms with Gasteiger partial charge in [0.05, 0.1) is 0 Å². The molecule has 0 spiro atoms. The van der Waals surface area contributed by atoms with Gasteiger partial charge in [-0.05, 0) is 43.9 Å². The molecular weight excluding hydrogens is 198 g/mol. The Morgan fingerprint density at radius 3 is 2.56 bits per heavy atom. The maximum absolute atomic E-state index is 5.83. The molecule has 1 atom stereocenters. The maximum Gasteiger partial charge on any atom is 0.119 e. The molecule has 16 heavy (non-hydrogen) atoms. The monoisotopic (exact) mass is 219 g/mol. The van der Waals surface area contributed by atoms with Crippen LogP contribution < -0.4 is 10.1 Å². The summed E-state index contributed by atoms with van der Waals surface area (Å²) in [7, 11) is 0. The highest BCUT2D eigenvalue weighted by molar-refractivity contribution is 5.27. The normalized spacial score (nSPS) is 17.1. The second-order valence-electron chi connectivity index (χ2n) is 4.61. The summed E-state index contributed by atoms with van der Waals surface area (Å²) in [5.74, 6) is 0.974. The zero-order chi connectivity index (χ0) is 11.4. The van der Waals surface area contributed by atoms with E-state index in [1.807, 2.05) is 0 Å². The van der Waals surface area contributed by atoms with Crippen molar-refractivity contribution < 1.29 is 4.74 Å². The van der Waals surface area contributed by atoms with Gasteiger partial charge in [0.2, 0.25) is 0 Å². The molecule has 1 fully saturated rings. The van der Waals surface area contributed by atoms with Crippen molar-refractivity contribution in [1.82, 2.24) is 5.32 Å². The van der Waals surface area contributed by atoms with Crippen LogP contribution in [0.5, 0.6) is 5.75 Å². The SMILES string of the molecule is CCc1ccc(OC(C)CNC2CC2)cc1. The summed E-state index contributed by atoms with van der Waals surface area (Å²) < 4.78 is 5.83. The predicted octanol–water partition coefficient (Wildman–Crippen LogP) is 2.77. The summed E-state index contributed by atoms with van der Waals surface area (Å²) in [5.41, 5.74) is 1.36. The molecule has 0 saturated heterocycles. The lowest BCUT2D eigenvalue weighted by Gasteiger charge is -2.15. The number of aryl methyl sites for hydroxylation is 1. The third-order valence-electron chi connectivity index (χ3n) is 2.94. The van der Waals surface area contributed by atoms with Crippen molar-refractivity contribution in [3.8, 4) is 5.75 Å². The fraction of sp³-hybridized carbons (Fsp3) is 0.571. The molecule has 0 bridgehead atoms.